The normalized spacial score (nSPS) is 15.2. The first-order chi connectivity index (χ1) is 11.7. The van der Waals surface area contributed by atoms with Crippen LogP contribution < -0.4 is 10.1 Å². The lowest BCUT2D eigenvalue weighted by Crippen LogP contribution is -2.53. The van der Waals surface area contributed by atoms with Gasteiger partial charge >= 0.3 is 6.09 Å². The first kappa shape index (κ1) is 17.9. The number of hydrogen-bond donors (Lipinski definition) is 1. The zero-order valence-electron chi connectivity index (χ0n) is 14.6. The summed E-state index contributed by atoms with van der Waals surface area (Å²) in [7, 11) is 3.44. The number of ether oxygens (including phenoxy) is 2. The summed E-state index contributed by atoms with van der Waals surface area (Å²) in [4.78, 5) is 20.0. The van der Waals surface area contributed by atoms with Crippen LogP contribution in [0.1, 0.15) is 12.5 Å². The van der Waals surface area contributed by atoms with Crippen molar-refractivity contribution in [1.82, 2.24) is 15.1 Å². The number of aliphatic imine (C=N–C) groups is 1. The molecule has 0 unspecified atom stereocenters. The number of rotatable bonds is 4. The van der Waals surface area contributed by atoms with Crippen LogP contribution in [0.5, 0.6) is 5.75 Å². The molecule has 24 heavy (non-hydrogen) atoms. The quantitative estimate of drug-likeness (QED) is 0.668. The summed E-state index contributed by atoms with van der Waals surface area (Å²) in [5, 5.41) is 3.36. The van der Waals surface area contributed by atoms with E-state index in [1.807, 2.05) is 31.2 Å². The van der Waals surface area contributed by atoms with E-state index in [0.717, 1.165) is 30.4 Å². The van der Waals surface area contributed by atoms with Crippen LogP contribution in [0.4, 0.5) is 4.79 Å². The van der Waals surface area contributed by atoms with Gasteiger partial charge in [0.05, 0.1) is 13.7 Å². The summed E-state index contributed by atoms with van der Waals surface area (Å²) in [6, 6.07) is 7.90. The van der Waals surface area contributed by atoms with Crippen LogP contribution in [-0.2, 0) is 11.3 Å². The van der Waals surface area contributed by atoms with E-state index in [9.17, 15) is 4.79 Å². The highest BCUT2D eigenvalue weighted by molar-refractivity contribution is 5.80. The van der Waals surface area contributed by atoms with Crippen LogP contribution in [0.2, 0.25) is 0 Å². The number of para-hydroxylation sites is 1. The maximum absolute atomic E-state index is 11.8. The van der Waals surface area contributed by atoms with Gasteiger partial charge in [0.25, 0.3) is 0 Å². The van der Waals surface area contributed by atoms with Gasteiger partial charge in [-0.2, -0.15) is 0 Å². The van der Waals surface area contributed by atoms with Crippen LogP contribution in [0.15, 0.2) is 29.3 Å². The zero-order valence-corrected chi connectivity index (χ0v) is 14.6. The average molecular weight is 334 g/mol. The highest BCUT2D eigenvalue weighted by Crippen LogP contribution is 2.16. The van der Waals surface area contributed by atoms with Crippen molar-refractivity contribution in [2.75, 3.05) is 46.9 Å². The summed E-state index contributed by atoms with van der Waals surface area (Å²) in [6.45, 7) is 5.57. The van der Waals surface area contributed by atoms with Gasteiger partial charge in [-0.25, -0.2) is 4.79 Å². The molecule has 1 heterocycles. The lowest BCUT2D eigenvalue weighted by atomic mass is 10.2. The molecule has 1 aliphatic rings. The Balaban J connectivity index is 1.88. The summed E-state index contributed by atoms with van der Waals surface area (Å²) < 4.78 is 10.4. The molecule has 1 saturated heterocycles. The lowest BCUT2D eigenvalue weighted by molar-refractivity contribution is 0.0914. The van der Waals surface area contributed by atoms with E-state index in [0.29, 0.717) is 26.2 Å². The topological polar surface area (TPSA) is 66.4 Å². The molecule has 0 spiro atoms. The zero-order chi connectivity index (χ0) is 17.4. The standard InChI is InChI=1S/C17H26N4O3/c1-4-24-17(22)21-11-9-20(10-12-21)16(18-2)19-13-14-7-5-6-8-15(14)23-3/h5-8H,4,9-13H2,1-3H3,(H,18,19). The predicted molar refractivity (Wildman–Crippen MR) is 93.4 cm³/mol. The summed E-state index contributed by atoms with van der Waals surface area (Å²) in [5.41, 5.74) is 1.08. The first-order valence-electron chi connectivity index (χ1n) is 8.18. The fourth-order valence-corrected chi connectivity index (χ4v) is 2.67. The number of carbonyl (C=O) groups is 1. The fraction of sp³-hybridized carbons (Fsp3) is 0.529. The Morgan fingerprint density at radius 1 is 1.21 bits per heavy atom. The molecular formula is C17H26N4O3. The summed E-state index contributed by atoms with van der Waals surface area (Å²) in [6.07, 6.45) is -0.242. The molecule has 7 heteroatoms. The molecule has 1 fully saturated rings. The number of benzene rings is 1. The molecule has 0 radical (unpaired) electrons. The summed E-state index contributed by atoms with van der Waals surface area (Å²) >= 11 is 0. The third-order valence-electron chi connectivity index (χ3n) is 3.95. The molecule has 1 N–H and O–H groups in total. The number of amides is 1. The van der Waals surface area contributed by atoms with Gasteiger partial charge in [-0.15, -0.1) is 0 Å². The minimum Gasteiger partial charge on any atom is -0.496 e. The SMILES string of the molecule is CCOC(=O)N1CCN(C(=NC)NCc2ccccc2OC)CC1. The van der Waals surface area contributed by atoms with Crippen molar-refractivity contribution in [2.24, 2.45) is 4.99 Å². The number of piperazine rings is 1. The number of carbonyl (C=O) groups excluding carboxylic acids is 1. The van der Waals surface area contributed by atoms with Gasteiger partial charge in [0, 0.05) is 45.3 Å². The molecule has 0 aromatic heterocycles. The Morgan fingerprint density at radius 2 is 1.88 bits per heavy atom. The van der Waals surface area contributed by atoms with Crippen molar-refractivity contribution in [3.05, 3.63) is 29.8 Å². The maximum atomic E-state index is 11.8. The lowest BCUT2D eigenvalue weighted by Gasteiger charge is -2.35. The monoisotopic (exact) mass is 334 g/mol. The van der Waals surface area contributed by atoms with Crippen molar-refractivity contribution in [1.29, 1.82) is 0 Å². The molecule has 1 aromatic carbocycles. The Hall–Kier alpha value is -2.44. The predicted octanol–water partition coefficient (Wildman–Crippen LogP) is 1.54. The Morgan fingerprint density at radius 3 is 2.50 bits per heavy atom. The number of methoxy groups -OCH3 is 1. The van der Waals surface area contributed by atoms with E-state index in [-0.39, 0.29) is 6.09 Å². The molecule has 2 rings (SSSR count). The van der Waals surface area contributed by atoms with Crippen LogP contribution >= 0.6 is 0 Å². The van der Waals surface area contributed by atoms with Gasteiger partial charge in [0.15, 0.2) is 5.96 Å². The van der Waals surface area contributed by atoms with Crippen molar-refractivity contribution in [3.63, 3.8) is 0 Å². The molecule has 1 aromatic rings. The highest BCUT2D eigenvalue weighted by Gasteiger charge is 2.23. The number of hydrogen-bond acceptors (Lipinski definition) is 4. The second kappa shape index (κ2) is 9.00. The fourth-order valence-electron chi connectivity index (χ4n) is 2.67. The summed E-state index contributed by atoms with van der Waals surface area (Å²) in [5.74, 6) is 1.68. The van der Waals surface area contributed by atoms with E-state index < -0.39 is 0 Å². The minimum atomic E-state index is -0.242. The minimum absolute atomic E-state index is 0.242. The molecule has 0 bridgehead atoms. The van der Waals surface area contributed by atoms with E-state index in [4.69, 9.17) is 9.47 Å². The van der Waals surface area contributed by atoms with Crippen LogP contribution in [-0.4, -0.2) is 68.8 Å². The largest absolute Gasteiger partial charge is 0.496 e. The van der Waals surface area contributed by atoms with E-state index >= 15 is 0 Å². The molecule has 132 valence electrons. The second-order valence-corrected chi connectivity index (χ2v) is 5.39. The van der Waals surface area contributed by atoms with Gasteiger partial charge < -0.3 is 24.6 Å². The third kappa shape index (κ3) is 4.53. The smallest absolute Gasteiger partial charge is 0.409 e. The Bertz CT molecular complexity index is 569. The molecule has 1 aliphatic heterocycles. The van der Waals surface area contributed by atoms with Crippen LogP contribution in [0.3, 0.4) is 0 Å². The van der Waals surface area contributed by atoms with Crippen molar-refractivity contribution >= 4 is 12.1 Å². The maximum Gasteiger partial charge on any atom is 0.409 e. The van der Waals surface area contributed by atoms with Gasteiger partial charge in [-0.1, -0.05) is 18.2 Å². The molecule has 0 saturated carbocycles. The van der Waals surface area contributed by atoms with E-state index in [1.54, 1.807) is 19.1 Å². The molecule has 7 nitrogen and oxygen atoms in total. The Labute approximate surface area is 143 Å². The number of guanidine groups is 1. The molecule has 0 aliphatic carbocycles. The van der Waals surface area contributed by atoms with Gasteiger partial charge in [0.1, 0.15) is 5.75 Å². The third-order valence-corrected chi connectivity index (χ3v) is 3.95. The van der Waals surface area contributed by atoms with Crippen molar-refractivity contribution < 1.29 is 14.3 Å². The van der Waals surface area contributed by atoms with E-state index in [2.05, 4.69) is 15.2 Å². The number of nitrogens with one attached hydrogen (secondary N) is 1. The first-order valence-corrected chi connectivity index (χ1v) is 8.18. The number of nitrogens with zero attached hydrogens (tertiary/aromatic N) is 3. The molecule has 0 atom stereocenters. The second-order valence-electron chi connectivity index (χ2n) is 5.39. The van der Waals surface area contributed by atoms with Gasteiger partial charge in [-0.3, -0.25) is 4.99 Å². The van der Waals surface area contributed by atoms with Crippen LogP contribution in [0.25, 0.3) is 0 Å². The Kier molecular flexibility index (Phi) is 6.72. The molecular weight excluding hydrogens is 308 g/mol. The van der Waals surface area contributed by atoms with Gasteiger partial charge in [-0.05, 0) is 13.0 Å². The molecule has 1 amide bonds. The van der Waals surface area contributed by atoms with Crippen molar-refractivity contribution in [2.45, 2.75) is 13.5 Å². The van der Waals surface area contributed by atoms with E-state index in [1.165, 1.54) is 0 Å². The average Bonchev–Trinajstić information content (AvgIpc) is 2.63. The van der Waals surface area contributed by atoms with Gasteiger partial charge in [0.2, 0.25) is 0 Å². The highest BCUT2D eigenvalue weighted by atomic mass is 16.6. The van der Waals surface area contributed by atoms with Crippen LogP contribution in [0, 0.1) is 0 Å². The van der Waals surface area contributed by atoms with Crippen molar-refractivity contribution in [3.8, 4) is 5.75 Å².